The van der Waals surface area contributed by atoms with Crippen LogP contribution in [0.4, 0.5) is 5.69 Å². The van der Waals surface area contributed by atoms with Gasteiger partial charge in [-0.2, -0.15) is 0 Å². The molecule has 29 heavy (non-hydrogen) atoms. The summed E-state index contributed by atoms with van der Waals surface area (Å²) in [5.41, 5.74) is 1.20. The van der Waals surface area contributed by atoms with E-state index >= 15 is 0 Å². The van der Waals surface area contributed by atoms with E-state index in [9.17, 15) is 8.42 Å². The standard InChI is InChI=1S/C19H31N5O3S.HI/c1-3-20-19(21-9-11-24-10-4-16-28(24,25)26)23-14-12-22(13-15-23)17-5-7-18(27-2)8-6-17;/h5-8H,3-4,9-16H2,1-2H3,(H,20,21);1H. The highest BCUT2D eigenvalue weighted by Crippen LogP contribution is 2.20. The molecule has 1 N–H and O–H groups in total. The van der Waals surface area contributed by atoms with Crippen molar-refractivity contribution in [3.8, 4) is 5.75 Å². The van der Waals surface area contributed by atoms with Gasteiger partial charge >= 0.3 is 0 Å². The second kappa shape index (κ2) is 11.2. The molecule has 0 radical (unpaired) electrons. The van der Waals surface area contributed by atoms with Crippen LogP contribution in [-0.2, 0) is 10.0 Å². The predicted octanol–water partition coefficient (Wildman–Crippen LogP) is 1.44. The summed E-state index contributed by atoms with van der Waals surface area (Å²) in [5.74, 6) is 2.00. The quantitative estimate of drug-likeness (QED) is 0.336. The van der Waals surface area contributed by atoms with Gasteiger partial charge in [0.15, 0.2) is 5.96 Å². The lowest BCUT2D eigenvalue weighted by Gasteiger charge is -2.37. The number of rotatable bonds is 6. The fourth-order valence-electron chi connectivity index (χ4n) is 3.61. The van der Waals surface area contributed by atoms with E-state index in [-0.39, 0.29) is 29.7 Å². The molecule has 0 amide bonds. The van der Waals surface area contributed by atoms with Crippen molar-refractivity contribution in [1.82, 2.24) is 14.5 Å². The molecule has 1 aromatic rings. The molecule has 164 valence electrons. The highest BCUT2D eigenvalue weighted by molar-refractivity contribution is 14.0. The molecule has 0 aromatic heterocycles. The summed E-state index contributed by atoms with van der Waals surface area (Å²) in [5, 5.41) is 3.34. The molecule has 2 saturated heterocycles. The van der Waals surface area contributed by atoms with Gasteiger partial charge in [-0.05, 0) is 37.6 Å². The highest BCUT2D eigenvalue weighted by Gasteiger charge is 2.27. The van der Waals surface area contributed by atoms with Crippen LogP contribution in [-0.4, -0.2) is 88.8 Å². The third-order valence-electron chi connectivity index (χ3n) is 5.17. The average Bonchev–Trinajstić information content (AvgIpc) is 3.05. The lowest BCUT2D eigenvalue weighted by molar-refractivity contribution is 0.371. The van der Waals surface area contributed by atoms with E-state index in [2.05, 4.69) is 32.2 Å². The van der Waals surface area contributed by atoms with Crippen molar-refractivity contribution in [1.29, 1.82) is 0 Å². The number of halogens is 1. The highest BCUT2D eigenvalue weighted by atomic mass is 127. The molecule has 2 aliphatic rings. The summed E-state index contributed by atoms with van der Waals surface area (Å²) in [6.07, 6.45) is 0.722. The van der Waals surface area contributed by atoms with Gasteiger partial charge < -0.3 is 19.9 Å². The van der Waals surface area contributed by atoms with E-state index in [1.54, 1.807) is 11.4 Å². The second-order valence-electron chi connectivity index (χ2n) is 6.98. The van der Waals surface area contributed by atoms with Crippen LogP contribution in [0.3, 0.4) is 0 Å². The lowest BCUT2D eigenvalue weighted by Crippen LogP contribution is -2.52. The van der Waals surface area contributed by atoms with E-state index in [0.717, 1.165) is 50.9 Å². The summed E-state index contributed by atoms with van der Waals surface area (Å²) in [6, 6.07) is 8.15. The first-order chi connectivity index (χ1) is 13.5. The Morgan fingerprint density at radius 3 is 2.38 bits per heavy atom. The number of benzene rings is 1. The van der Waals surface area contributed by atoms with E-state index in [4.69, 9.17) is 4.74 Å². The topological polar surface area (TPSA) is 77.5 Å². The number of methoxy groups -OCH3 is 1. The average molecular weight is 537 g/mol. The van der Waals surface area contributed by atoms with E-state index in [1.807, 2.05) is 19.1 Å². The first-order valence-electron chi connectivity index (χ1n) is 9.93. The molecule has 1 aromatic carbocycles. The zero-order valence-corrected chi connectivity index (χ0v) is 20.4. The second-order valence-corrected chi connectivity index (χ2v) is 9.06. The Morgan fingerprint density at radius 2 is 1.83 bits per heavy atom. The molecule has 0 saturated carbocycles. The minimum absolute atomic E-state index is 0. The molecule has 10 heteroatoms. The summed E-state index contributed by atoms with van der Waals surface area (Å²) >= 11 is 0. The SMILES string of the molecule is CCNC(=NCCN1CCCS1(=O)=O)N1CCN(c2ccc(OC)cc2)CC1.I. The number of piperazine rings is 1. The monoisotopic (exact) mass is 537 g/mol. The summed E-state index contributed by atoms with van der Waals surface area (Å²) in [7, 11) is -1.38. The molecular weight excluding hydrogens is 505 g/mol. The van der Waals surface area contributed by atoms with E-state index in [1.165, 1.54) is 5.69 Å². The Morgan fingerprint density at radius 1 is 1.14 bits per heavy atom. The maximum atomic E-state index is 11.9. The maximum absolute atomic E-state index is 11.9. The predicted molar refractivity (Wildman–Crippen MR) is 128 cm³/mol. The maximum Gasteiger partial charge on any atom is 0.214 e. The Labute approximate surface area is 191 Å². The molecule has 0 atom stereocenters. The fourth-order valence-corrected chi connectivity index (χ4v) is 5.12. The molecule has 2 fully saturated rings. The summed E-state index contributed by atoms with van der Waals surface area (Å²) in [4.78, 5) is 9.29. The van der Waals surface area contributed by atoms with Crippen molar-refractivity contribution in [3.63, 3.8) is 0 Å². The van der Waals surface area contributed by atoms with Gasteiger partial charge in [0.1, 0.15) is 5.75 Å². The van der Waals surface area contributed by atoms with Gasteiger partial charge in [-0.15, -0.1) is 24.0 Å². The Balaban J connectivity index is 0.00000300. The van der Waals surface area contributed by atoms with Crippen LogP contribution < -0.4 is 15.0 Å². The fraction of sp³-hybridized carbons (Fsp3) is 0.632. The molecule has 2 heterocycles. The first-order valence-corrected chi connectivity index (χ1v) is 11.5. The normalized spacial score (nSPS) is 19.7. The van der Waals surface area contributed by atoms with Gasteiger partial charge in [0.25, 0.3) is 0 Å². The minimum Gasteiger partial charge on any atom is -0.497 e. The molecular formula is C19H32IN5O3S. The third-order valence-corrected chi connectivity index (χ3v) is 7.12. The number of nitrogens with one attached hydrogen (secondary N) is 1. The number of aliphatic imine (C=N–C) groups is 1. The van der Waals surface area contributed by atoms with E-state index in [0.29, 0.717) is 19.6 Å². The van der Waals surface area contributed by atoms with Crippen LogP contribution in [0.1, 0.15) is 13.3 Å². The van der Waals surface area contributed by atoms with Crippen LogP contribution in [0.15, 0.2) is 29.3 Å². The smallest absolute Gasteiger partial charge is 0.214 e. The van der Waals surface area contributed by atoms with Crippen molar-refractivity contribution in [2.75, 3.05) is 70.1 Å². The van der Waals surface area contributed by atoms with Crippen LogP contribution >= 0.6 is 24.0 Å². The van der Waals surface area contributed by atoms with Crippen molar-refractivity contribution < 1.29 is 13.2 Å². The van der Waals surface area contributed by atoms with Crippen LogP contribution in [0.2, 0.25) is 0 Å². The van der Waals surface area contributed by atoms with Crippen molar-refractivity contribution in [2.45, 2.75) is 13.3 Å². The summed E-state index contributed by atoms with van der Waals surface area (Å²) in [6.45, 7) is 7.99. The molecule has 2 aliphatic heterocycles. The van der Waals surface area contributed by atoms with Crippen molar-refractivity contribution in [3.05, 3.63) is 24.3 Å². The molecule has 8 nitrogen and oxygen atoms in total. The van der Waals surface area contributed by atoms with Gasteiger partial charge in [0.2, 0.25) is 10.0 Å². The lowest BCUT2D eigenvalue weighted by atomic mass is 10.2. The zero-order chi connectivity index (χ0) is 20.0. The number of hydrogen-bond acceptors (Lipinski definition) is 5. The Kier molecular flexibility index (Phi) is 9.28. The molecule has 0 unspecified atom stereocenters. The zero-order valence-electron chi connectivity index (χ0n) is 17.2. The number of guanidine groups is 1. The summed E-state index contributed by atoms with van der Waals surface area (Å²) < 4.78 is 30.6. The van der Waals surface area contributed by atoms with Crippen LogP contribution in [0.5, 0.6) is 5.75 Å². The van der Waals surface area contributed by atoms with Crippen LogP contribution in [0.25, 0.3) is 0 Å². The molecule has 0 spiro atoms. The van der Waals surface area contributed by atoms with Crippen molar-refractivity contribution >= 4 is 45.6 Å². The van der Waals surface area contributed by atoms with Gasteiger partial charge in [0, 0.05) is 51.5 Å². The number of nitrogens with zero attached hydrogens (tertiary/aromatic N) is 4. The number of anilines is 1. The van der Waals surface area contributed by atoms with Gasteiger partial charge in [-0.1, -0.05) is 0 Å². The van der Waals surface area contributed by atoms with Gasteiger partial charge in [-0.3, -0.25) is 4.99 Å². The minimum atomic E-state index is -3.05. The number of ether oxygens (including phenoxy) is 1. The molecule has 0 aliphatic carbocycles. The first kappa shape index (κ1) is 24.0. The largest absolute Gasteiger partial charge is 0.497 e. The molecule has 3 rings (SSSR count). The van der Waals surface area contributed by atoms with Gasteiger partial charge in [0.05, 0.1) is 19.4 Å². The number of sulfonamides is 1. The van der Waals surface area contributed by atoms with Gasteiger partial charge in [-0.25, -0.2) is 12.7 Å². The Bertz CT molecular complexity index is 765. The molecule has 0 bridgehead atoms. The van der Waals surface area contributed by atoms with Crippen LogP contribution in [0, 0.1) is 0 Å². The van der Waals surface area contributed by atoms with E-state index < -0.39 is 10.0 Å². The van der Waals surface area contributed by atoms with Crippen molar-refractivity contribution in [2.24, 2.45) is 4.99 Å². The Hall–Kier alpha value is -1.27. The number of hydrogen-bond donors (Lipinski definition) is 1. The third kappa shape index (κ3) is 6.35.